The van der Waals surface area contributed by atoms with Crippen LogP contribution in [0.1, 0.15) is 40.0 Å². The van der Waals surface area contributed by atoms with Crippen LogP contribution < -0.4 is 0 Å². The van der Waals surface area contributed by atoms with Crippen LogP contribution in [-0.2, 0) is 19.1 Å². The minimum Gasteiger partial charge on any atom is -0.466 e. The van der Waals surface area contributed by atoms with Crippen LogP contribution >= 0.6 is 0 Å². The zero-order chi connectivity index (χ0) is 13.1. The number of hydrogen-bond acceptors (Lipinski definition) is 5. The van der Waals surface area contributed by atoms with Crippen molar-refractivity contribution in [2.45, 2.75) is 45.6 Å². The number of esters is 2. The number of aliphatic hydroxyl groups is 1. The molecular weight excluding hydrogens is 224 g/mol. The van der Waals surface area contributed by atoms with Crippen LogP contribution in [0.4, 0.5) is 0 Å². The Hall–Kier alpha value is -1.10. The molecule has 0 heterocycles. The van der Waals surface area contributed by atoms with Gasteiger partial charge in [0.15, 0.2) is 0 Å². The van der Waals surface area contributed by atoms with Gasteiger partial charge in [-0.15, -0.1) is 0 Å². The second-order valence-electron chi connectivity index (χ2n) is 4.56. The average Bonchev–Trinajstić information content (AvgIpc) is 2.97. The molecule has 0 amide bonds. The Morgan fingerprint density at radius 2 is 1.76 bits per heavy atom. The van der Waals surface area contributed by atoms with Gasteiger partial charge in [0.25, 0.3) is 0 Å². The van der Waals surface area contributed by atoms with Crippen LogP contribution in [0.25, 0.3) is 0 Å². The molecule has 0 spiro atoms. The summed E-state index contributed by atoms with van der Waals surface area (Å²) in [5, 5.41) is 10.3. The normalized spacial score (nSPS) is 20.2. The van der Waals surface area contributed by atoms with Crippen LogP contribution in [0.3, 0.4) is 0 Å². The number of carbonyl (C=O) groups is 2. The van der Waals surface area contributed by atoms with Crippen LogP contribution in [0.2, 0.25) is 0 Å². The molecule has 5 heteroatoms. The Labute approximate surface area is 101 Å². The Kier molecular flexibility index (Phi) is 4.14. The van der Waals surface area contributed by atoms with E-state index in [4.69, 9.17) is 9.47 Å². The molecule has 0 radical (unpaired) electrons. The molecule has 1 aliphatic carbocycles. The predicted molar refractivity (Wildman–Crippen MR) is 60.2 cm³/mol. The van der Waals surface area contributed by atoms with Gasteiger partial charge in [0.1, 0.15) is 0 Å². The van der Waals surface area contributed by atoms with E-state index in [1.54, 1.807) is 13.8 Å². The summed E-state index contributed by atoms with van der Waals surface area (Å²) in [6, 6.07) is 0. The van der Waals surface area contributed by atoms with E-state index >= 15 is 0 Å². The van der Waals surface area contributed by atoms with Gasteiger partial charge in [-0.1, -0.05) is 0 Å². The van der Waals surface area contributed by atoms with Crippen molar-refractivity contribution in [2.75, 3.05) is 13.2 Å². The summed E-state index contributed by atoms with van der Waals surface area (Å²) in [6.07, 6.45) is 0.927. The molecule has 0 aromatic carbocycles. The molecule has 0 unspecified atom stereocenters. The molecule has 1 atom stereocenters. The van der Waals surface area contributed by atoms with Gasteiger partial charge in [-0.05, 0) is 33.6 Å². The highest BCUT2D eigenvalue weighted by atomic mass is 16.5. The van der Waals surface area contributed by atoms with Crippen molar-refractivity contribution < 1.29 is 24.2 Å². The van der Waals surface area contributed by atoms with E-state index in [1.807, 2.05) is 0 Å². The molecule has 0 saturated heterocycles. The Morgan fingerprint density at radius 3 is 2.18 bits per heavy atom. The summed E-state index contributed by atoms with van der Waals surface area (Å²) in [6.45, 7) is 5.45. The van der Waals surface area contributed by atoms with Crippen LogP contribution in [0.5, 0.6) is 0 Å². The molecule has 1 fully saturated rings. The molecule has 17 heavy (non-hydrogen) atoms. The van der Waals surface area contributed by atoms with E-state index in [1.165, 1.54) is 6.92 Å². The first-order valence-electron chi connectivity index (χ1n) is 5.95. The lowest BCUT2D eigenvalue weighted by molar-refractivity contribution is -0.166. The molecule has 0 aromatic rings. The maximum Gasteiger partial charge on any atom is 0.315 e. The minimum absolute atomic E-state index is 0.181. The third-order valence-electron chi connectivity index (χ3n) is 3.24. The van der Waals surface area contributed by atoms with E-state index in [2.05, 4.69) is 0 Å². The van der Waals surface area contributed by atoms with Crippen molar-refractivity contribution in [3.05, 3.63) is 0 Å². The predicted octanol–water partition coefficient (Wildman–Crippen LogP) is 1.03. The number of rotatable bonds is 6. The van der Waals surface area contributed by atoms with Gasteiger partial charge in [0, 0.05) is 0 Å². The molecule has 0 aliphatic heterocycles. The Bertz CT molecular complexity index is 304. The molecular formula is C12H20O5. The van der Waals surface area contributed by atoms with Crippen LogP contribution in [0, 0.1) is 5.41 Å². The first kappa shape index (κ1) is 14.0. The maximum absolute atomic E-state index is 11.8. The van der Waals surface area contributed by atoms with Crippen molar-refractivity contribution in [3.8, 4) is 0 Å². The first-order chi connectivity index (χ1) is 7.89. The summed E-state index contributed by atoms with van der Waals surface area (Å²) < 4.78 is 9.74. The summed E-state index contributed by atoms with van der Waals surface area (Å²) in [7, 11) is 0. The average molecular weight is 244 g/mol. The summed E-state index contributed by atoms with van der Waals surface area (Å²) >= 11 is 0. The van der Waals surface area contributed by atoms with Gasteiger partial charge in [-0.25, -0.2) is 0 Å². The third-order valence-corrected chi connectivity index (χ3v) is 3.24. The standard InChI is InChI=1S/C12H20O5/c1-4-16-9(13)8-11(3,15)12(6-7-12)10(14)17-5-2/h15H,4-8H2,1-3H3/t11-/m0/s1. The lowest BCUT2D eigenvalue weighted by atomic mass is 9.83. The fraction of sp³-hybridized carbons (Fsp3) is 0.833. The monoisotopic (exact) mass is 244 g/mol. The van der Waals surface area contributed by atoms with Crippen molar-refractivity contribution in [3.63, 3.8) is 0 Å². The van der Waals surface area contributed by atoms with Crippen LogP contribution in [0.15, 0.2) is 0 Å². The van der Waals surface area contributed by atoms with Gasteiger partial charge in [-0.3, -0.25) is 9.59 Å². The second kappa shape index (κ2) is 5.04. The zero-order valence-corrected chi connectivity index (χ0v) is 10.6. The van der Waals surface area contributed by atoms with Gasteiger partial charge in [0.2, 0.25) is 0 Å². The number of hydrogen-bond donors (Lipinski definition) is 1. The van der Waals surface area contributed by atoms with E-state index in [9.17, 15) is 14.7 Å². The minimum atomic E-state index is -1.40. The highest BCUT2D eigenvalue weighted by Crippen LogP contribution is 2.56. The van der Waals surface area contributed by atoms with Crippen LogP contribution in [-0.4, -0.2) is 35.9 Å². The quantitative estimate of drug-likeness (QED) is 0.706. The fourth-order valence-corrected chi connectivity index (χ4v) is 2.02. The molecule has 1 aliphatic rings. The van der Waals surface area contributed by atoms with Crippen molar-refractivity contribution in [1.82, 2.24) is 0 Å². The van der Waals surface area contributed by atoms with Gasteiger partial charge < -0.3 is 14.6 Å². The highest BCUT2D eigenvalue weighted by molar-refractivity contribution is 5.83. The molecule has 0 bridgehead atoms. The van der Waals surface area contributed by atoms with Crippen molar-refractivity contribution >= 4 is 11.9 Å². The summed E-state index contributed by atoms with van der Waals surface area (Å²) in [4.78, 5) is 23.2. The third kappa shape index (κ3) is 2.77. The van der Waals surface area contributed by atoms with Gasteiger partial charge >= 0.3 is 11.9 Å². The van der Waals surface area contributed by atoms with Crippen molar-refractivity contribution in [1.29, 1.82) is 0 Å². The fourth-order valence-electron chi connectivity index (χ4n) is 2.02. The lowest BCUT2D eigenvalue weighted by Crippen LogP contribution is -2.44. The Morgan fingerprint density at radius 1 is 1.24 bits per heavy atom. The molecule has 1 N–H and O–H groups in total. The van der Waals surface area contributed by atoms with Gasteiger partial charge in [0.05, 0.1) is 30.7 Å². The summed E-state index contributed by atoms with van der Waals surface area (Å²) in [5.41, 5.74) is -2.32. The molecule has 98 valence electrons. The molecule has 1 rings (SSSR count). The first-order valence-corrected chi connectivity index (χ1v) is 5.95. The molecule has 5 nitrogen and oxygen atoms in total. The maximum atomic E-state index is 11.8. The second-order valence-corrected chi connectivity index (χ2v) is 4.56. The topological polar surface area (TPSA) is 72.8 Å². The molecule has 0 aromatic heterocycles. The number of carbonyl (C=O) groups excluding carboxylic acids is 2. The van der Waals surface area contributed by atoms with E-state index in [-0.39, 0.29) is 19.6 Å². The van der Waals surface area contributed by atoms with Gasteiger partial charge in [-0.2, -0.15) is 0 Å². The van der Waals surface area contributed by atoms with E-state index in [0.717, 1.165) is 0 Å². The number of ether oxygens (including phenoxy) is 2. The van der Waals surface area contributed by atoms with E-state index in [0.29, 0.717) is 12.8 Å². The Balaban J connectivity index is 2.69. The lowest BCUT2D eigenvalue weighted by Gasteiger charge is -2.30. The highest BCUT2D eigenvalue weighted by Gasteiger charge is 2.63. The van der Waals surface area contributed by atoms with E-state index < -0.39 is 23.0 Å². The summed E-state index contributed by atoms with van der Waals surface area (Å²) in [5.74, 6) is -0.914. The largest absolute Gasteiger partial charge is 0.466 e. The smallest absolute Gasteiger partial charge is 0.315 e. The SMILES string of the molecule is CCOC(=O)C[C@](C)(O)C1(C(=O)OCC)CC1. The molecule has 1 saturated carbocycles. The zero-order valence-electron chi connectivity index (χ0n) is 10.6. The van der Waals surface area contributed by atoms with Crippen molar-refractivity contribution in [2.24, 2.45) is 5.41 Å².